The third-order valence-corrected chi connectivity index (χ3v) is 3.75. The van der Waals surface area contributed by atoms with Crippen molar-refractivity contribution in [2.75, 3.05) is 20.7 Å². The van der Waals surface area contributed by atoms with Gasteiger partial charge in [-0.3, -0.25) is 4.79 Å². The van der Waals surface area contributed by atoms with Crippen LogP contribution in [0.5, 0.6) is 5.75 Å². The first kappa shape index (κ1) is 15.9. The Hall–Kier alpha value is -3.02. The van der Waals surface area contributed by atoms with Gasteiger partial charge >= 0.3 is 0 Å². The summed E-state index contributed by atoms with van der Waals surface area (Å²) < 4.78 is 15.7. The van der Waals surface area contributed by atoms with Gasteiger partial charge in [-0.15, -0.1) is 0 Å². The van der Waals surface area contributed by atoms with E-state index >= 15 is 0 Å². The van der Waals surface area contributed by atoms with Gasteiger partial charge in [0.2, 0.25) is 5.76 Å². The highest BCUT2D eigenvalue weighted by Crippen LogP contribution is 2.21. The molecule has 0 aliphatic rings. The van der Waals surface area contributed by atoms with Crippen LogP contribution < -0.4 is 4.74 Å². The fraction of sp³-hybridized carbons (Fsp3) is 0.222. The van der Waals surface area contributed by atoms with E-state index in [1.807, 2.05) is 24.3 Å². The molecule has 0 fully saturated rings. The van der Waals surface area contributed by atoms with Crippen molar-refractivity contribution in [2.24, 2.45) is 0 Å². The summed E-state index contributed by atoms with van der Waals surface area (Å²) in [6.45, 7) is 0.544. The van der Waals surface area contributed by atoms with Crippen molar-refractivity contribution >= 4 is 5.91 Å². The molecule has 1 aromatic carbocycles. The first-order valence-corrected chi connectivity index (χ1v) is 7.57. The number of carbonyl (C=O) groups excluding carboxylic acids is 1. The summed E-state index contributed by atoms with van der Waals surface area (Å²) in [5, 5.41) is 3.83. The molecule has 124 valence electrons. The first-order chi connectivity index (χ1) is 11.7. The van der Waals surface area contributed by atoms with Crippen molar-refractivity contribution in [3.63, 3.8) is 0 Å². The van der Waals surface area contributed by atoms with E-state index in [2.05, 4.69) is 5.16 Å². The number of amides is 1. The van der Waals surface area contributed by atoms with Crippen molar-refractivity contribution in [1.82, 2.24) is 10.1 Å². The lowest BCUT2D eigenvalue weighted by molar-refractivity contribution is 0.0786. The molecule has 0 bridgehead atoms. The fourth-order valence-electron chi connectivity index (χ4n) is 2.41. The quantitative estimate of drug-likeness (QED) is 0.695. The Balaban J connectivity index is 1.65. The Morgan fingerprint density at radius 2 is 2.04 bits per heavy atom. The average molecular weight is 326 g/mol. The Bertz CT molecular complexity index is 808. The van der Waals surface area contributed by atoms with Crippen molar-refractivity contribution in [1.29, 1.82) is 0 Å². The van der Waals surface area contributed by atoms with Crippen LogP contribution in [0.15, 0.2) is 57.7 Å². The molecule has 24 heavy (non-hydrogen) atoms. The molecular weight excluding hydrogens is 308 g/mol. The van der Waals surface area contributed by atoms with E-state index in [1.54, 1.807) is 43.5 Å². The van der Waals surface area contributed by atoms with Gasteiger partial charge < -0.3 is 18.6 Å². The molecule has 0 aliphatic heterocycles. The molecule has 2 heterocycles. The van der Waals surface area contributed by atoms with Crippen LogP contribution in [0.1, 0.15) is 16.1 Å². The van der Waals surface area contributed by atoms with Gasteiger partial charge in [-0.25, -0.2) is 0 Å². The zero-order valence-electron chi connectivity index (χ0n) is 13.6. The molecule has 3 rings (SSSR count). The highest BCUT2D eigenvalue weighted by molar-refractivity contribution is 5.92. The molecule has 2 aromatic heterocycles. The van der Waals surface area contributed by atoms with Crippen LogP contribution in [0.2, 0.25) is 0 Å². The monoisotopic (exact) mass is 326 g/mol. The second-order valence-corrected chi connectivity index (χ2v) is 5.34. The summed E-state index contributed by atoms with van der Waals surface area (Å²) in [6, 6.07) is 12.8. The van der Waals surface area contributed by atoms with Crippen LogP contribution in [0.4, 0.5) is 0 Å². The maximum Gasteiger partial charge on any atom is 0.275 e. The number of ether oxygens (including phenoxy) is 1. The highest BCUT2D eigenvalue weighted by Gasteiger charge is 2.18. The number of hydrogen-bond donors (Lipinski definition) is 0. The predicted molar refractivity (Wildman–Crippen MR) is 87.9 cm³/mol. The van der Waals surface area contributed by atoms with Gasteiger partial charge in [-0.1, -0.05) is 23.4 Å². The van der Waals surface area contributed by atoms with Crippen LogP contribution in [-0.4, -0.2) is 36.7 Å². The Morgan fingerprint density at radius 1 is 1.21 bits per heavy atom. The predicted octanol–water partition coefficient (Wildman–Crippen LogP) is 3.26. The van der Waals surface area contributed by atoms with E-state index < -0.39 is 0 Å². The minimum Gasteiger partial charge on any atom is -0.496 e. The van der Waals surface area contributed by atoms with Crippen molar-refractivity contribution in [2.45, 2.75) is 6.42 Å². The molecule has 3 aromatic rings. The number of hydrogen-bond acceptors (Lipinski definition) is 5. The minimum atomic E-state index is -0.202. The van der Waals surface area contributed by atoms with Crippen molar-refractivity contribution < 1.29 is 18.5 Å². The largest absolute Gasteiger partial charge is 0.496 e. The van der Waals surface area contributed by atoms with Crippen LogP contribution in [0.3, 0.4) is 0 Å². The van der Waals surface area contributed by atoms with Gasteiger partial charge in [0.15, 0.2) is 11.5 Å². The molecular formula is C18H18N2O4. The molecule has 0 aliphatic carbocycles. The van der Waals surface area contributed by atoms with E-state index in [4.69, 9.17) is 13.7 Å². The second-order valence-electron chi connectivity index (χ2n) is 5.34. The lowest BCUT2D eigenvalue weighted by Gasteiger charge is -2.16. The summed E-state index contributed by atoms with van der Waals surface area (Å²) in [5.41, 5.74) is 1.31. The number of para-hydroxylation sites is 1. The summed E-state index contributed by atoms with van der Waals surface area (Å²) in [5.74, 6) is 1.59. The van der Waals surface area contributed by atoms with E-state index in [0.717, 1.165) is 11.3 Å². The maximum atomic E-state index is 12.4. The summed E-state index contributed by atoms with van der Waals surface area (Å²) in [7, 11) is 3.37. The van der Waals surface area contributed by atoms with Gasteiger partial charge in [0.05, 0.1) is 13.4 Å². The van der Waals surface area contributed by atoms with Gasteiger partial charge in [0.25, 0.3) is 5.91 Å². The van der Waals surface area contributed by atoms with Crippen molar-refractivity contribution in [3.8, 4) is 17.3 Å². The maximum absolute atomic E-state index is 12.4. The Morgan fingerprint density at radius 3 is 2.79 bits per heavy atom. The van der Waals surface area contributed by atoms with Crippen LogP contribution >= 0.6 is 0 Å². The van der Waals surface area contributed by atoms with E-state index in [1.165, 1.54) is 0 Å². The Labute approximate surface area is 139 Å². The summed E-state index contributed by atoms with van der Waals surface area (Å²) >= 11 is 0. The SMILES string of the molecule is COc1ccccc1CCN(C)C(=O)c1cc(-c2ccco2)on1. The first-order valence-electron chi connectivity index (χ1n) is 7.57. The molecule has 0 N–H and O–H groups in total. The van der Waals surface area contributed by atoms with E-state index in [9.17, 15) is 4.79 Å². The topological polar surface area (TPSA) is 68.7 Å². The van der Waals surface area contributed by atoms with Gasteiger partial charge in [-0.2, -0.15) is 0 Å². The molecule has 6 heteroatoms. The number of benzene rings is 1. The molecule has 0 saturated heterocycles. The average Bonchev–Trinajstić information content (AvgIpc) is 3.30. The number of likely N-dealkylation sites (N-methyl/N-ethyl adjacent to an activating group) is 1. The highest BCUT2D eigenvalue weighted by atomic mass is 16.5. The standard InChI is InChI=1S/C18H18N2O4/c1-20(10-9-13-6-3-4-7-15(13)22-2)18(21)14-12-17(24-19-14)16-8-5-11-23-16/h3-8,11-12H,9-10H2,1-2H3. The molecule has 0 unspecified atom stereocenters. The lowest BCUT2D eigenvalue weighted by atomic mass is 10.1. The smallest absolute Gasteiger partial charge is 0.275 e. The molecule has 1 amide bonds. The molecule has 6 nitrogen and oxygen atoms in total. The van der Waals surface area contributed by atoms with E-state index in [-0.39, 0.29) is 11.6 Å². The molecule has 0 spiro atoms. The van der Waals surface area contributed by atoms with Crippen molar-refractivity contribution in [3.05, 3.63) is 60.0 Å². The van der Waals surface area contributed by atoms with Crippen LogP contribution in [0, 0.1) is 0 Å². The van der Waals surface area contributed by atoms with Gasteiger partial charge in [-0.05, 0) is 30.2 Å². The third-order valence-electron chi connectivity index (χ3n) is 3.75. The number of aromatic nitrogens is 1. The van der Waals surface area contributed by atoms with E-state index in [0.29, 0.717) is 24.5 Å². The third kappa shape index (κ3) is 3.32. The Kier molecular flexibility index (Phi) is 4.65. The summed E-state index contributed by atoms with van der Waals surface area (Å²) in [4.78, 5) is 14.1. The van der Waals surface area contributed by atoms with Gasteiger partial charge in [0.1, 0.15) is 5.75 Å². The van der Waals surface area contributed by atoms with Crippen LogP contribution in [0.25, 0.3) is 11.5 Å². The lowest BCUT2D eigenvalue weighted by Crippen LogP contribution is -2.29. The zero-order chi connectivity index (χ0) is 16.9. The normalized spacial score (nSPS) is 10.6. The zero-order valence-corrected chi connectivity index (χ0v) is 13.6. The molecule has 0 atom stereocenters. The fourth-order valence-corrected chi connectivity index (χ4v) is 2.41. The number of nitrogens with zero attached hydrogens (tertiary/aromatic N) is 2. The number of carbonyl (C=O) groups is 1. The molecule has 0 saturated carbocycles. The summed E-state index contributed by atoms with van der Waals surface area (Å²) in [6.07, 6.45) is 2.23. The number of furan rings is 1. The van der Waals surface area contributed by atoms with Crippen LogP contribution in [-0.2, 0) is 6.42 Å². The number of methoxy groups -OCH3 is 1. The minimum absolute atomic E-state index is 0.202. The second kappa shape index (κ2) is 7.04. The number of rotatable bonds is 6. The van der Waals surface area contributed by atoms with Gasteiger partial charge in [0, 0.05) is 19.7 Å². The molecule has 0 radical (unpaired) electrons.